The van der Waals surface area contributed by atoms with E-state index in [1.807, 2.05) is 35.7 Å². The number of rotatable bonds is 5. The molecule has 5 nitrogen and oxygen atoms in total. The van der Waals surface area contributed by atoms with Crippen molar-refractivity contribution < 1.29 is 17.9 Å². The summed E-state index contributed by atoms with van der Waals surface area (Å²) in [6.07, 6.45) is 1.10. The summed E-state index contributed by atoms with van der Waals surface area (Å²) in [5.74, 6) is -0.567. The van der Waals surface area contributed by atoms with E-state index >= 15 is 0 Å². The summed E-state index contributed by atoms with van der Waals surface area (Å²) in [4.78, 5) is 16.9. The number of sulfone groups is 1. The topological polar surface area (TPSA) is 73.3 Å². The summed E-state index contributed by atoms with van der Waals surface area (Å²) in [6.45, 7) is 1.77. The van der Waals surface area contributed by atoms with Crippen LogP contribution in [-0.2, 0) is 21.2 Å². The van der Waals surface area contributed by atoms with Crippen LogP contribution in [0.4, 0.5) is 0 Å². The molecule has 0 aliphatic heterocycles. The molecule has 0 amide bonds. The van der Waals surface area contributed by atoms with Gasteiger partial charge in [0.1, 0.15) is 11.6 Å². The summed E-state index contributed by atoms with van der Waals surface area (Å²) < 4.78 is 28.7. The van der Waals surface area contributed by atoms with Gasteiger partial charge in [-0.05, 0) is 24.6 Å². The number of carbonyl (C=O) groups is 1. The number of carbonyl (C=O) groups excluding carboxylic acids is 1. The predicted octanol–water partition coefficient (Wildman–Crippen LogP) is 3.88. The molecule has 0 aliphatic carbocycles. The number of aryl methyl sites for hydroxylation is 1. The van der Waals surface area contributed by atoms with Crippen molar-refractivity contribution in [1.82, 2.24) is 4.98 Å². The van der Waals surface area contributed by atoms with Crippen molar-refractivity contribution in [2.75, 3.05) is 6.26 Å². The summed E-state index contributed by atoms with van der Waals surface area (Å²) >= 11 is 1.48. The van der Waals surface area contributed by atoms with Gasteiger partial charge in [0.05, 0.1) is 16.2 Å². The molecule has 1 aromatic heterocycles. The van der Waals surface area contributed by atoms with Crippen molar-refractivity contribution in [1.29, 1.82) is 0 Å². The first-order valence-electron chi connectivity index (χ1n) is 7.82. The highest BCUT2D eigenvalue weighted by molar-refractivity contribution is 7.90. The van der Waals surface area contributed by atoms with Crippen molar-refractivity contribution in [3.8, 4) is 10.6 Å². The maximum atomic E-state index is 12.4. The third kappa shape index (κ3) is 4.17. The Bertz CT molecular complexity index is 1040. The van der Waals surface area contributed by atoms with Gasteiger partial charge in [0.15, 0.2) is 9.84 Å². The predicted molar refractivity (Wildman–Crippen MR) is 101 cm³/mol. The van der Waals surface area contributed by atoms with E-state index in [1.54, 1.807) is 13.0 Å². The number of hydrogen-bond acceptors (Lipinski definition) is 6. The fourth-order valence-electron chi connectivity index (χ4n) is 2.36. The van der Waals surface area contributed by atoms with Crippen LogP contribution >= 0.6 is 11.3 Å². The van der Waals surface area contributed by atoms with Crippen molar-refractivity contribution in [2.24, 2.45) is 0 Å². The summed E-state index contributed by atoms with van der Waals surface area (Å²) in [7, 11) is -3.39. The maximum Gasteiger partial charge on any atom is 0.338 e. The second kappa shape index (κ2) is 7.39. The number of benzene rings is 2. The van der Waals surface area contributed by atoms with Gasteiger partial charge in [-0.2, -0.15) is 0 Å². The first-order chi connectivity index (χ1) is 12.3. The molecule has 7 heteroatoms. The van der Waals surface area contributed by atoms with Crippen molar-refractivity contribution >= 4 is 27.1 Å². The Balaban J connectivity index is 1.73. The minimum Gasteiger partial charge on any atom is -0.456 e. The number of nitrogens with zero attached hydrogens (tertiary/aromatic N) is 1. The molecule has 2 aromatic carbocycles. The van der Waals surface area contributed by atoms with Crippen LogP contribution in [0.25, 0.3) is 10.6 Å². The lowest BCUT2D eigenvalue weighted by Crippen LogP contribution is -2.09. The lowest BCUT2D eigenvalue weighted by molar-refractivity contribution is 0.0467. The van der Waals surface area contributed by atoms with Crippen molar-refractivity contribution in [3.63, 3.8) is 0 Å². The monoisotopic (exact) mass is 387 g/mol. The second-order valence-corrected chi connectivity index (χ2v) is 8.71. The first kappa shape index (κ1) is 18.3. The summed E-state index contributed by atoms with van der Waals surface area (Å²) in [6, 6.07) is 14.2. The number of thiazole rings is 1. The van der Waals surface area contributed by atoms with E-state index < -0.39 is 15.8 Å². The molecular formula is C19H17NO4S2. The number of ether oxygens (including phenoxy) is 1. The molecule has 0 N–H and O–H groups in total. The fraction of sp³-hybridized carbons (Fsp3) is 0.158. The molecule has 3 aromatic rings. The summed E-state index contributed by atoms with van der Waals surface area (Å²) in [5.41, 5.74) is 2.56. The van der Waals surface area contributed by atoms with Crippen LogP contribution in [0.2, 0.25) is 0 Å². The minimum atomic E-state index is -3.39. The van der Waals surface area contributed by atoms with E-state index in [4.69, 9.17) is 4.74 Å². The van der Waals surface area contributed by atoms with Gasteiger partial charge in [0.2, 0.25) is 0 Å². The zero-order valence-electron chi connectivity index (χ0n) is 14.3. The largest absolute Gasteiger partial charge is 0.456 e. The van der Waals surface area contributed by atoms with Crippen LogP contribution in [0, 0.1) is 6.92 Å². The SMILES string of the molecule is Cc1ccc(S(C)(=O)=O)cc1C(=O)OCc1csc(-c2ccccc2)n1. The van der Waals surface area contributed by atoms with E-state index in [1.165, 1.54) is 23.5 Å². The highest BCUT2D eigenvalue weighted by Crippen LogP contribution is 2.24. The van der Waals surface area contributed by atoms with Crippen molar-refractivity contribution in [2.45, 2.75) is 18.4 Å². The number of esters is 1. The van der Waals surface area contributed by atoms with Crippen LogP contribution in [-0.4, -0.2) is 25.6 Å². The van der Waals surface area contributed by atoms with E-state index in [0.717, 1.165) is 16.8 Å². The lowest BCUT2D eigenvalue weighted by Gasteiger charge is -2.08. The van der Waals surface area contributed by atoms with Gasteiger partial charge in [-0.15, -0.1) is 11.3 Å². The van der Waals surface area contributed by atoms with Gasteiger partial charge in [-0.3, -0.25) is 0 Å². The molecular weight excluding hydrogens is 370 g/mol. The van der Waals surface area contributed by atoms with Crippen LogP contribution < -0.4 is 0 Å². The molecule has 0 atom stereocenters. The first-order valence-corrected chi connectivity index (χ1v) is 10.6. The molecule has 134 valence electrons. The van der Waals surface area contributed by atoms with Crippen LogP contribution in [0.3, 0.4) is 0 Å². The molecule has 0 spiro atoms. The number of hydrogen-bond donors (Lipinski definition) is 0. The quantitative estimate of drug-likeness (QED) is 0.621. The second-order valence-electron chi connectivity index (χ2n) is 5.84. The van der Waals surface area contributed by atoms with Gasteiger partial charge in [0.25, 0.3) is 0 Å². The Morgan fingerprint density at radius 3 is 2.58 bits per heavy atom. The molecule has 0 unspecified atom stereocenters. The fourth-order valence-corrected chi connectivity index (χ4v) is 3.81. The molecule has 3 rings (SSSR count). The van der Waals surface area contributed by atoms with E-state index in [2.05, 4.69) is 4.98 Å². The third-order valence-electron chi connectivity index (χ3n) is 3.78. The highest BCUT2D eigenvalue weighted by Gasteiger charge is 2.16. The average molecular weight is 387 g/mol. The Morgan fingerprint density at radius 1 is 1.15 bits per heavy atom. The zero-order valence-corrected chi connectivity index (χ0v) is 15.9. The Morgan fingerprint density at radius 2 is 1.88 bits per heavy atom. The van der Waals surface area contributed by atoms with E-state index in [9.17, 15) is 13.2 Å². The third-order valence-corrected chi connectivity index (χ3v) is 5.83. The van der Waals surface area contributed by atoms with Gasteiger partial charge in [0, 0.05) is 17.2 Å². The van der Waals surface area contributed by atoms with Gasteiger partial charge in [-0.1, -0.05) is 36.4 Å². The smallest absolute Gasteiger partial charge is 0.338 e. The molecule has 0 saturated carbocycles. The molecule has 0 saturated heterocycles. The van der Waals surface area contributed by atoms with Crippen LogP contribution in [0.5, 0.6) is 0 Å². The van der Waals surface area contributed by atoms with Gasteiger partial charge in [-0.25, -0.2) is 18.2 Å². The molecule has 0 bridgehead atoms. The Labute approximate surface area is 156 Å². The minimum absolute atomic E-state index is 0.0324. The van der Waals surface area contributed by atoms with E-state index in [-0.39, 0.29) is 17.1 Å². The maximum absolute atomic E-state index is 12.4. The lowest BCUT2D eigenvalue weighted by atomic mass is 10.1. The Kier molecular flexibility index (Phi) is 5.20. The highest BCUT2D eigenvalue weighted by atomic mass is 32.2. The standard InChI is InChI=1S/C19H17NO4S2/c1-13-8-9-16(26(2,22)23)10-17(13)19(21)24-11-15-12-25-18(20-15)14-6-4-3-5-7-14/h3-10,12H,11H2,1-2H3. The van der Waals surface area contributed by atoms with Gasteiger partial charge >= 0.3 is 5.97 Å². The molecule has 0 radical (unpaired) electrons. The van der Waals surface area contributed by atoms with Crippen molar-refractivity contribution in [3.05, 3.63) is 70.7 Å². The summed E-state index contributed by atoms with van der Waals surface area (Å²) in [5, 5.41) is 2.70. The molecule has 26 heavy (non-hydrogen) atoms. The van der Waals surface area contributed by atoms with Crippen LogP contribution in [0.1, 0.15) is 21.6 Å². The van der Waals surface area contributed by atoms with Crippen LogP contribution in [0.15, 0.2) is 58.8 Å². The van der Waals surface area contributed by atoms with E-state index in [0.29, 0.717) is 11.3 Å². The Hall–Kier alpha value is -2.51. The zero-order chi connectivity index (χ0) is 18.7. The molecule has 0 fully saturated rings. The normalized spacial score (nSPS) is 11.3. The average Bonchev–Trinajstić information content (AvgIpc) is 3.09. The van der Waals surface area contributed by atoms with Gasteiger partial charge < -0.3 is 4.74 Å². The number of aromatic nitrogens is 1. The molecule has 0 aliphatic rings. The molecule has 1 heterocycles.